The summed E-state index contributed by atoms with van der Waals surface area (Å²) in [6, 6.07) is 202. The minimum Gasteiger partial charge on any atom is -0.456 e. The number of nitrogens with zero attached hydrogens (tertiary/aromatic N) is 6. The van der Waals surface area contributed by atoms with E-state index in [0.29, 0.717) is 0 Å². The molecule has 686 valence electrons. The zero-order valence-corrected chi connectivity index (χ0v) is 80.1. The van der Waals surface area contributed by atoms with Gasteiger partial charge in [-0.2, -0.15) is 0 Å². The average Bonchev–Trinajstić information content (AvgIpc) is 1.57. The van der Waals surface area contributed by atoms with E-state index in [2.05, 4.69) is 568 Å². The molecule has 4 aromatic heterocycles. The van der Waals surface area contributed by atoms with Gasteiger partial charge in [-0.1, -0.05) is 376 Å². The standard InChI is InChI=1S/C140H90N6O/c1-5-33-91(34-6-1)93-65-73-107(74-66-93)142(134-89-126-118-52-24-28-59-129(118)145(139(126)123-55-21-19-50-116(123)134)108-75-69-92-35-13-14-38-97(92)83-108)128-58-27-23-49-115(128)114-48-18-17-47-112(114)103-64-63-101-84-109(76-70-100(101)82-103)146-130-60-29-25-53-119(130)127-90-135(117-51-20-22-56-124(117)140(127)146)143(104-43-9-3-10-44-104)131-61-32-57-113(138(131)95-36-7-2-8-37-95)102-42-31-41-96(81-102)94-67-71-106(72-68-94)141(111-78-80-122-121-54-26-30-62-136(121)147-137(122)88-111)110-77-79-120-125-85-98-39-15-16-40-99(98)86-132(125)144(133(120)87-110)105-45-11-4-12-46-105/h1-90H. The molecular weight excluding hydrogens is 1780 g/mol. The van der Waals surface area contributed by atoms with Gasteiger partial charge in [0.2, 0.25) is 0 Å². The van der Waals surface area contributed by atoms with Crippen molar-refractivity contribution in [3.63, 3.8) is 0 Å². The van der Waals surface area contributed by atoms with Gasteiger partial charge in [0.25, 0.3) is 0 Å². The smallest absolute Gasteiger partial charge is 0.137 e. The number of furan rings is 1. The van der Waals surface area contributed by atoms with Gasteiger partial charge in [-0.15, -0.1) is 0 Å². The molecule has 7 heteroatoms. The van der Waals surface area contributed by atoms with Crippen LogP contribution in [0.25, 0.3) is 225 Å². The Morgan fingerprint density at radius 3 is 1.22 bits per heavy atom. The molecule has 0 amide bonds. The molecule has 25 aromatic carbocycles. The zero-order chi connectivity index (χ0) is 96.7. The Morgan fingerprint density at radius 1 is 0.150 bits per heavy atom. The second kappa shape index (κ2) is 34.7. The number of para-hydroxylation sites is 6. The molecular formula is C140H90N6O. The average molecular weight is 1870 g/mol. The Morgan fingerprint density at radius 2 is 0.551 bits per heavy atom. The topological polar surface area (TPSA) is 37.6 Å². The van der Waals surface area contributed by atoms with Crippen LogP contribution in [-0.2, 0) is 0 Å². The third-order valence-corrected chi connectivity index (χ3v) is 30.3. The van der Waals surface area contributed by atoms with Gasteiger partial charge in [0.05, 0.1) is 55.8 Å². The molecule has 0 fully saturated rings. The lowest BCUT2D eigenvalue weighted by molar-refractivity contribution is 0.669. The van der Waals surface area contributed by atoms with Gasteiger partial charge < -0.3 is 32.8 Å². The predicted molar refractivity (Wildman–Crippen MR) is 621 cm³/mol. The Labute approximate surface area is 848 Å². The highest BCUT2D eigenvalue weighted by Crippen LogP contribution is 2.55. The minimum absolute atomic E-state index is 0.833. The van der Waals surface area contributed by atoms with Gasteiger partial charge in [0, 0.05) is 127 Å². The first-order chi connectivity index (χ1) is 72.9. The molecule has 0 saturated heterocycles. The van der Waals surface area contributed by atoms with E-state index in [4.69, 9.17) is 4.42 Å². The van der Waals surface area contributed by atoms with E-state index < -0.39 is 0 Å². The molecule has 0 aliphatic carbocycles. The summed E-state index contributed by atoms with van der Waals surface area (Å²) in [6.07, 6.45) is 0. The normalized spacial score (nSPS) is 11.8. The van der Waals surface area contributed by atoms with Crippen molar-refractivity contribution in [1.29, 1.82) is 0 Å². The summed E-state index contributed by atoms with van der Waals surface area (Å²) < 4.78 is 14.1. The summed E-state index contributed by atoms with van der Waals surface area (Å²) in [5, 5.41) is 21.0. The summed E-state index contributed by atoms with van der Waals surface area (Å²) in [5.41, 5.74) is 34.8. The molecule has 4 heterocycles. The minimum atomic E-state index is 0.833. The van der Waals surface area contributed by atoms with Crippen LogP contribution in [0.1, 0.15) is 0 Å². The van der Waals surface area contributed by atoms with Crippen LogP contribution in [0, 0.1) is 0 Å². The van der Waals surface area contributed by atoms with Crippen molar-refractivity contribution in [2.24, 2.45) is 0 Å². The lowest BCUT2D eigenvalue weighted by atomic mass is 9.90. The molecule has 0 unspecified atom stereocenters. The number of benzene rings is 25. The van der Waals surface area contributed by atoms with Crippen molar-refractivity contribution in [3.8, 4) is 83.8 Å². The van der Waals surface area contributed by atoms with E-state index in [9.17, 15) is 0 Å². The second-order valence-corrected chi connectivity index (χ2v) is 38.5. The fourth-order valence-electron chi connectivity index (χ4n) is 23.6. The molecule has 7 nitrogen and oxygen atoms in total. The number of hydrogen-bond donors (Lipinski definition) is 0. The first kappa shape index (κ1) is 84.3. The number of fused-ring (bicyclic) bond motifs is 19. The van der Waals surface area contributed by atoms with E-state index in [-0.39, 0.29) is 0 Å². The summed E-state index contributed by atoms with van der Waals surface area (Å²) >= 11 is 0. The summed E-state index contributed by atoms with van der Waals surface area (Å²) in [7, 11) is 0. The van der Waals surface area contributed by atoms with Crippen molar-refractivity contribution >= 4 is 192 Å². The van der Waals surface area contributed by atoms with Crippen LogP contribution < -0.4 is 14.7 Å². The van der Waals surface area contributed by atoms with Gasteiger partial charge in [-0.05, 0) is 252 Å². The Bertz CT molecular complexity index is 10300. The fourth-order valence-corrected chi connectivity index (χ4v) is 23.6. The maximum Gasteiger partial charge on any atom is 0.137 e. The van der Waals surface area contributed by atoms with Crippen molar-refractivity contribution in [3.05, 3.63) is 546 Å². The highest BCUT2D eigenvalue weighted by molar-refractivity contribution is 6.26. The molecule has 0 N–H and O–H groups in total. The molecule has 0 atom stereocenters. The molecule has 0 aliphatic heterocycles. The summed E-state index contributed by atoms with van der Waals surface area (Å²) in [4.78, 5) is 7.41. The monoisotopic (exact) mass is 1870 g/mol. The van der Waals surface area contributed by atoms with Crippen LogP contribution in [-0.4, -0.2) is 13.7 Å². The first-order valence-electron chi connectivity index (χ1n) is 50.5. The molecule has 0 aliphatic rings. The number of aromatic nitrogens is 3. The zero-order valence-electron chi connectivity index (χ0n) is 80.1. The fraction of sp³-hybridized carbons (Fsp3) is 0. The molecule has 0 saturated carbocycles. The van der Waals surface area contributed by atoms with Crippen LogP contribution in [0.5, 0.6) is 0 Å². The van der Waals surface area contributed by atoms with Gasteiger partial charge in [-0.3, -0.25) is 0 Å². The summed E-state index contributed by atoms with van der Waals surface area (Å²) in [6.45, 7) is 0. The number of hydrogen-bond acceptors (Lipinski definition) is 4. The van der Waals surface area contributed by atoms with Crippen LogP contribution >= 0.6 is 0 Å². The third kappa shape index (κ3) is 14.1. The van der Waals surface area contributed by atoms with Crippen LogP contribution in [0.3, 0.4) is 0 Å². The number of anilines is 9. The van der Waals surface area contributed by atoms with E-state index in [1.807, 2.05) is 6.07 Å². The molecule has 0 bridgehead atoms. The van der Waals surface area contributed by atoms with Gasteiger partial charge in [-0.25, -0.2) is 0 Å². The van der Waals surface area contributed by atoms with Crippen molar-refractivity contribution < 1.29 is 4.42 Å². The second-order valence-electron chi connectivity index (χ2n) is 38.5. The van der Waals surface area contributed by atoms with Crippen LogP contribution in [0.4, 0.5) is 51.2 Å². The molecule has 0 radical (unpaired) electrons. The van der Waals surface area contributed by atoms with E-state index in [0.717, 1.165) is 211 Å². The SMILES string of the molecule is c1ccc(-c2ccc(N(c3ccccc3-c3ccccc3-c3ccc4cc(-n5c6ccccc6c6cc(N(c7ccccc7)c7cccc(-c8cccc(-c9ccc(N(c%10ccc%11c(c%10)oc%10ccccc%10%11)c%10ccc%11c%12cc%13ccccc%13cc%12n(-c%12ccccc%12)c%11c%10)cc9)c8)c7-c7ccccc7)c7ccccc7c65)ccc4c3)c3cc4c5ccccc5n(-c5ccc6ccccc6c5)c4c4ccccc34)cc2)cc1. The largest absolute Gasteiger partial charge is 0.456 e. The lowest BCUT2D eigenvalue weighted by Gasteiger charge is -2.30. The number of rotatable bonds is 18. The van der Waals surface area contributed by atoms with Crippen molar-refractivity contribution in [1.82, 2.24) is 13.7 Å². The first-order valence-corrected chi connectivity index (χ1v) is 50.5. The van der Waals surface area contributed by atoms with Gasteiger partial charge in [0.1, 0.15) is 11.2 Å². The lowest BCUT2D eigenvalue weighted by Crippen LogP contribution is -2.12. The van der Waals surface area contributed by atoms with Crippen LogP contribution in [0.2, 0.25) is 0 Å². The predicted octanol–water partition coefficient (Wildman–Crippen LogP) is 39.1. The third-order valence-electron chi connectivity index (χ3n) is 30.3. The Hall–Kier alpha value is -19.6. The Balaban J connectivity index is 0.531. The van der Waals surface area contributed by atoms with Crippen molar-refractivity contribution in [2.45, 2.75) is 0 Å². The van der Waals surface area contributed by atoms with Gasteiger partial charge in [0.15, 0.2) is 0 Å². The highest BCUT2D eigenvalue weighted by Gasteiger charge is 2.31. The molecule has 29 rings (SSSR count). The molecule has 0 spiro atoms. The van der Waals surface area contributed by atoms with E-state index >= 15 is 0 Å². The maximum atomic E-state index is 6.67. The Kier molecular flexibility index (Phi) is 19.9. The van der Waals surface area contributed by atoms with Crippen LogP contribution in [0.15, 0.2) is 550 Å². The van der Waals surface area contributed by atoms with E-state index in [1.165, 1.54) is 64.9 Å². The molecule has 147 heavy (non-hydrogen) atoms. The summed E-state index contributed by atoms with van der Waals surface area (Å²) in [5.74, 6) is 0. The highest BCUT2D eigenvalue weighted by atomic mass is 16.3. The molecule has 29 aromatic rings. The van der Waals surface area contributed by atoms with Crippen molar-refractivity contribution in [2.75, 3.05) is 14.7 Å². The van der Waals surface area contributed by atoms with Gasteiger partial charge >= 0.3 is 0 Å². The van der Waals surface area contributed by atoms with E-state index in [1.54, 1.807) is 0 Å². The quantitative estimate of drug-likeness (QED) is 0.0858. The maximum absolute atomic E-state index is 6.67.